The highest BCUT2D eigenvalue weighted by molar-refractivity contribution is 5.88. The molecule has 1 aromatic rings. The molecular weight excluding hydrogens is 258 g/mol. The van der Waals surface area contributed by atoms with E-state index in [0.717, 1.165) is 24.8 Å². The Morgan fingerprint density at radius 3 is 2.90 bits per heavy atom. The lowest BCUT2D eigenvalue weighted by Gasteiger charge is -2.26. The number of hydrogen-bond acceptors (Lipinski definition) is 3. The lowest BCUT2D eigenvalue weighted by atomic mass is 9.82. The Hall–Kier alpha value is -1.88. The highest BCUT2D eigenvalue weighted by atomic mass is 16.5. The summed E-state index contributed by atoms with van der Waals surface area (Å²) in [5, 5.41) is 11.6. The van der Waals surface area contributed by atoms with Gasteiger partial charge in [-0.25, -0.2) is 4.79 Å². The van der Waals surface area contributed by atoms with Crippen molar-refractivity contribution in [1.82, 2.24) is 5.32 Å². The van der Waals surface area contributed by atoms with Crippen LogP contribution in [0.4, 0.5) is 0 Å². The van der Waals surface area contributed by atoms with Gasteiger partial charge >= 0.3 is 5.97 Å². The zero-order chi connectivity index (χ0) is 14.5. The topological polar surface area (TPSA) is 75.6 Å². The molecular formula is C15H19NO4. The molecule has 0 bridgehead atoms. The smallest absolute Gasteiger partial charge is 0.328 e. The van der Waals surface area contributed by atoms with E-state index in [2.05, 4.69) is 5.32 Å². The summed E-state index contributed by atoms with van der Waals surface area (Å²) in [5.41, 5.74) is 2.19. The Morgan fingerprint density at radius 2 is 2.20 bits per heavy atom. The molecule has 0 saturated heterocycles. The summed E-state index contributed by atoms with van der Waals surface area (Å²) < 4.78 is 4.83. The Morgan fingerprint density at radius 1 is 1.45 bits per heavy atom. The molecule has 0 saturated carbocycles. The number of fused-ring (bicyclic) bond motifs is 1. The lowest BCUT2D eigenvalue weighted by Crippen LogP contribution is -2.46. The van der Waals surface area contributed by atoms with Crippen molar-refractivity contribution in [2.24, 2.45) is 0 Å². The second-order valence-electron chi connectivity index (χ2n) is 5.00. The van der Waals surface area contributed by atoms with E-state index in [4.69, 9.17) is 9.84 Å². The normalized spacial score (nSPS) is 18.9. The number of benzene rings is 1. The third-order valence-corrected chi connectivity index (χ3v) is 3.63. The van der Waals surface area contributed by atoms with Gasteiger partial charge in [-0.05, 0) is 30.4 Å². The molecule has 0 aromatic heterocycles. The van der Waals surface area contributed by atoms with Crippen molar-refractivity contribution in [1.29, 1.82) is 0 Å². The number of carboxylic acids is 1. The van der Waals surface area contributed by atoms with Crippen molar-refractivity contribution >= 4 is 11.9 Å². The molecule has 5 heteroatoms. The molecule has 5 nitrogen and oxygen atoms in total. The number of rotatable bonds is 5. The number of amides is 1. The van der Waals surface area contributed by atoms with Gasteiger partial charge in [-0.3, -0.25) is 4.79 Å². The van der Waals surface area contributed by atoms with Crippen LogP contribution in [0.5, 0.6) is 0 Å². The van der Waals surface area contributed by atoms with Crippen LogP contribution in [0, 0.1) is 0 Å². The molecule has 108 valence electrons. The van der Waals surface area contributed by atoms with Gasteiger partial charge in [-0.2, -0.15) is 0 Å². The third kappa shape index (κ3) is 3.17. The summed E-state index contributed by atoms with van der Waals surface area (Å²) in [6.07, 6.45) is 2.67. The summed E-state index contributed by atoms with van der Waals surface area (Å²) in [4.78, 5) is 23.4. The van der Waals surface area contributed by atoms with Crippen molar-refractivity contribution in [2.75, 3.05) is 13.7 Å². The van der Waals surface area contributed by atoms with Crippen LogP contribution >= 0.6 is 0 Å². The maximum atomic E-state index is 12.3. The Labute approximate surface area is 117 Å². The molecule has 1 aromatic carbocycles. The van der Waals surface area contributed by atoms with E-state index in [-0.39, 0.29) is 18.4 Å². The van der Waals surface area contributed by atoms with E-state index < -0.39 is 12.0 Å². The van der Waals surface area contributed by atoms with Gasteiger partial charge in [0.15, 0.2) is 6.04 Å². The molecule has 0 heterocycles. The first-order valence-electron chi connectivity index (χ1n) is 6.73. The minimum atomic E-state index is -1.08. The number of carboxylic acid groups (broad SMARTS) is 1. The molecule has 0 spiro atoms. The van der Waals surface area contributed by atoms with Gasteiger partial charge in [0.2, 0.25) is 5.91 Å². The number of nitrogens with one attached hydrogen (secondary N) is 1. The first-order chi connectivity index (χ1) is 9.63. The molecule has 2 unspecified atom stereocenters. The molecule has 0 fully saturated rings. The predicted molar refractivity (Wildman–Crippen MR) is 73.6 cm³/mol. The second kappa shape index (κ2) is 6.52. The maximum absolute atomic E-state index is 12.3. The highest BCUT2D eigenvalue weighted by Crippen LogP contribution is 2.31. The lowest BCUT2D eigenvalue weighted by molar-refractivity contribution is -0.143. The standard InChI is InChI=1S/C15H19NO4/c1-20-9-13(15(18)19)16-14(17)12-8-4-6-10-5-2-3-7-11(10)12/h2-3,5,7,12-13H,4,6,8-9H2,1H3,(H,16,17)(H,18,19). The third-order valence-electron chi connectivity index (χ3n) is 3.63. The van der Waals surface area contributed by atoms with Crippen LogP contribution in [0.3, 0.4) is 0 Å². The van der Waals surface area contributed by atoms with E-state index >= 15 is 0 Å². The van der Waals surface area contributed by atoms with Gasteiger partial charge in [0.05, 0.1) is 12.5 Å². The van der Waals surface area contributed by atoms with Gasteiger partial charge in [-0.1, -0.05) is 24.3 Å². The van der Waals surface area contributed by atoms with Crippen LogP contribution in [-0.4, -0.2) is 36.7 Å². The predicted octanol–water partition coefficient (Wildman–Crippen LogP) is 1.32. The van der Waals surface area contributed by atoms with Crippen molar-refractivity contribution in [3.8, 4) is 0 Å². The zero-order valence-electron chi connectivity index (χ0n) is 11.5. The second-order valence-corrected chi connectivity index (χ2v) is 5.00. The Kier molecular flexibility index (Phi) is 4.74. The Balaban J connectivity index is 2.12. The largest absolute Gasteiger partial charge is 0.480 e. The van der Waals surface area contributed by atoms with E-state index in [1.807, 2.05) is 24.3 Å². The molecule has 0 aliphatic heterocycles. The number of carbonyl (C=O) groups is 2. The first kappa shape index (κ1) is 14.5. The fourth-order valence-corrected chi connectivity index (χ4v) is 2.64. The van der Waals surface area contributed by atoms with Crippen molar-refractivity contribution in [3.05, 3.63) is 35.4 Å². The van der Waals surface area contributed by atoms with Gasteiger partial charge in [0.25, 0.3) is 0 Å². The summed E-state index contributed by atoms with van der Waals surface area (Å²) in [5.74, 6) is -1.58. The quantitative estimate of drug-likeness (QED) is 0.851. The first-order valence-corrected chi connectivity index (χ1v) is 6.73. The molecule has 0 radical (unpaired) electrons. The molecule has 1 aliphatic carbocycles. The fourth-order valence-electron chi connectivity index (χ4n) is 2.64. The number of aryl methyl sites for hydroxylation is 1. The minimum absolute atomic E-state index is 0.0323. The Bertz CT molecular complexity index is 500. The average Bonchev–Trinajstić information content (AvgIpc) is 2.46. The fraction of sp³-hybridized carbons (Fsp3) is 0.467. The monoisotopic (exact) mass is 277 g/mol. The van der Waals surface area contributed by atoms with Crippen LogP contribution in [-0.2, 0) is 20.7 Å². The van der Waals surface area contributed by atoms with Crippen molar-refractivity contribution < 1.29 is 19.4 Å². The van der Waals surface area contributed by atoms with E-state index in [1.54, 1.807) is 0 Å². The molecule has 20 heavy (non-hydrogen) atoms. The van der Waals surface area contributed by atoms with Gasteiger partial charge in [-0.15, -0.1) is 0 Å². The van der Waals surface area contributed by atoms with Gasteiger partial charge in [0, 0.05) is 7.11 Å². The van der Waals surface area contributed by atoms with Gasteiger partial charge < -0.3 is 15.2 Å². The van der Waals surface area contributed by atoms with E-state index in [1.165, 1.54) is 12.7 Å². The van der Waals surface area contributed by atoms with Crippen LogP contribution < -0.4 is 5.32 Å². The zero-order valence-corrected chi connectivity index (χ0v) is 11.5. The molecule has 2 rings (SSSR count). The SMILES string of the molecule is COCC(NC(=O)C1CCCc2ccccc21)C(=O)O. The molecule has 1 aliphatic rings. The van der Waals surface area contributed by atoms with Crippen LogP contribution in [0.25, 0.3) is 0 Å². The number of hydrogen-bond donors (Lipinski definition) is 2. The van der Waals surface area contributed by atoms with E-state index in [9.17, 15) is 9.59 Å². The van der Waals surface area contributed by atoms with Crippen molar-refractivity contribution in [3.63, 3.8) is 0 Å². The summed E-state index contributed by atoms with van der Waals surface area (Å²) in [6.45, 7) is -0.0323. The molecule has 2 N–H and O–H groups in total. The summed E-state index contributed by atoms with van der Waals surface area (Å²) in [6, 6.07) is 6.85. The molecule has 2 atom stereocenters. The average molecular weight is 277 g/mol. The number of ether oxygens (including phenoxy) is 1. The summed E-state index contributed by atoms with van der Waals surface area (Å²) >= 11 is 0. The number of carbonyl (C=O) groups excluding carboxylic acids is 1. The van der Waals surface area contributed by atoms with E-state index in [0.29, 0.717) is 0 Å². The molecule has 1 amide bonds. The maximum Gasteiger partial charge on any atom is 0.328 e. The van der Waals surface area contributed by atoms with Crippen LogP contribution in [0.1, 0.15) is 29.9 Å². The minimum Gasteiger partial charge on any atom is -0.480 e. The van der Waals surface area contributed by atoms with Crippen molar-refractivity contribution in [2.45, 2.75) is 31.2 Å². The highest BCUT2D eigenvalue weighted by Gasteiger charge is 2.29. The van der Waals surface area contributed by atoms with Crippen LogP contribution in [0.15, 0.2) is 24.3 Å². The summed E-state index contributed by atoms with van der Waals surface area (Å²) in [7, 11) is 1.41. The number of aliphatic carboxylic acids is 1. The van der Waals surface area contributed by atoms with Gasteiger partial charge in [0.1, 0.15) is 0 Å². The van der Waals surface area contributed by atoms with Crippen LogP contribution in [0.2, 0.25) is 0 Å². The number of methoxy groups -OCH3 is 1.